The van der Waals surface area contributed by atoms with Crippen LogP contribution in [0, 0.1) is 0 Å². The molecule has 0 radical (unpaired) electrons. The molecule has 0 aliphatic rings. The zero-order valence-electron chi connectivity index (χ0n) is 17.7. The maximum absolute atomic E-state index is 12.8. The number of para-hydroxylation sites is 2. The summed E-state index contributed by atoms with van der Waals surface area (Å²) in [6.45, 7) is 0.172. The van der Waals surface area contributed by atoms with Crippen molar-refractivity contribution in [1.82, 2.24) is 0 Å². The number of rotatable bonds is 10. The summed E-state index contributed by atoms with van der Waals surface area (Å²) >= 11 is 0. The molecule has 0 aliphatic carbocycles. The quantitative estimate of drug-likeness (QED) is 0.479. The lowest BCUT2D eigenvalue weighted by atomic mass is 10.3. The molecular formula is C23H24N2O6S. The number of carbonyl (C=O) groups excluding carboxylic acids is 1. The summed E-state index contributed by atoms with van der Waals surface area (Å²) in [7, 11) is -0.841. The van der Waals surface area contributed by atoms with Gasteiger partial charge in [0, 0.05) is 5.69 Å². The van der Waals surface area contributed by atoms with E-state index >= 15 is 0 Å². The van der Waals surface area contributed by atoms with Gasteiger partial charge in [0.1, 0.15) is 17.2 Å². The smallest absolute Gasteiger partial charge is 0.262 e. The van der Waals surface area contributed by atoms with Crippen LogP contribution in [0.3, 0.4) is 0 Å². The average Bonchev–Trinajstić information content (AvgIpc) is 2.80. The monoisotopic (exact) mass is 456 g/mol. The van der Waals surface area contributed by atoms with Crippen molar-refractivity contribution in [3.63, 3.8) is 0 Å². The summed E-state index contributed by atoms with van der Waals surface area (Å²) in [5.74, 6) is 1.43. The Morgan fingerprint density at radius 1 is 0.875 bits per heavy atom. The van der Waals surface area contributed by atoms with E-state index in [-0.39, 0.29) is 23.8 Å². The minimum absolute atomic E-state index is 0.00990. The summed E-state index contributed by atoms with van der Waals surface area (Å²) in [4.78, 5) is 12.3. The Kier molecular flexibility index (Phi) is 7.56. The van der Waals surface area contributed by atoms with Crippen LogP contribution in [0.2, 0.25) is 0 Å². The molecule has 0 spiro atoms. The van der Waals surface area contributed by atoms with Crippen LogP contribution in [0.25, 0.3) is 0 Å². The second kappa shape index (κ2) is 10.5. The molecule has 168 valence electrons. The molecule has 0 atom stereocenters. The zero-order chi connectivity index (χ0) is 23.0. The number of hydrogen-bond acceptors (Lipinski definition) is 6. The van der Waals surface area contributed by atoms with Crippen molar-refractivity contribution in [3.05, 3.63) is 72.8 Å². The molecule has 1 amide bonds. The molecule has 8 nitrogen and oxygen atoms in total. The Bertz CT molecular complexity index is 1160. The zero-order valence-corrected chi connectivity index (χ0v) is 18.5. The molecule has 3 aromatic rings. The van der Waals surface area contributed by atoms with Gasteiger partial charge in [-0.25, -0.2) is 8.42 Å². The maximum atomic E-state index is 12.8. The van der Waals surface area contributed by atoms with Crippen molar-refractivity contribution >= 4 is 27.3 Å². The lowest BCUT2D eigenvalue weighted by Gasteiger charge is -2.13. The van der Waals surface area contributed by atoms with Gasteiger partial charge in [-0.2, -0.15) is 0 Å². The third kappa shape index (κ3) is 6.14. The minimum atomic E-state index is -3.88. The predicted octanol–water partition coefficient (Wildman–Crippen LogP) is 3.91. The van der Waals surface area contributed by atoms with Crippen LogP contribution < -0.4 is 24.2 Å². The largest absolute Gasteiger partial charge is 0.497 e. The Morgan fingerprint density at radius 2 is 1.59 bits per heavy atom. The van der Waals surface area contributed by atoms with Gasteiger partial charge in [-0.1, -0.05) is 18.2 Å². The summed E-state index contributed by atoms with van der Waals surface area (Å²) in [6.07, 6.45) is 0.0997. The Hall–Kier alpha value is -3.72. The van der Waals surface area contributed by atoms with Crippen molar-refractivity contribution in [1.29, 1.82) is 0 Å². The van der Waals surface area contributed by atoms with Gasteiger partial charge in [-0.3, -0.25) is 9.52 Å². The van der Waals surface area contributed by atoms with E-state index in [2.05, 4.69) is 10.0 Å². The van der Waals surface area contributed by atoms with Gasteiger partial charge in [-0.15, -0.1) is 0 Å². The first-order chi connectivity index (χ1) is 15.4. The van der Waals surface area contributed by atoms with E-state index in [9.17, 15) is 13.2 Å². The highest BCUT2D eigenvalue weighted by atomic mass is 32.2. The van der Waals surface area contributed by atoms with E-state index in [1.54, 1.807) is 67.8 Å². The van der Waals surface area contributed by atoms with E-state index in [1.165, 1.54) is 19.2 Å². The van der Waals surface area contributed by atoms with E-state index < -0.39 is 10.0 Å². The predicted molar refractivity (Wildman–Crippen MR) is 122 cm³/mol. The van der Waals surface area contributed by atoms with Crippen molar-refractivity contribution in [3.8, 4) is 17.2 Å². The van der Waals surface area contributed by atoms with Crippen LogP contribution in [0.4, 0.5) is 11.4 Å². The molecule has 3 aromatic carbocycles. The molecule has 0 fully saturated rings. The second-order valence-electron chi connectivity index (χ2n) is 6.66. The lowest BCUT2D eigenvalue weighted by molar-refractivity contribution is -0.116. The van der Waals surface area contributed by atoms with Crippen LogP contribution in [0.15, 0.2) is 77.7 Å². The van der Waals surface area contributed by atoms with E-state index in [0.717, 1.165) is 0 Å². The molecular weight excluding hydrogens is 432 g/mol. The van der Waals surface area contributed by atoms with Gasteiger partial charge in [0.25, 0.3) is 10.0 Å². The number of carbonyl (C=O) groups is 1. The number of anilines is 2. The first-order valence-corrected chi connectivity index (χ1v) is 11.2. The normalized spacial score (nSPS) is 10.8. The molecule has 0 heterocycles. The molecule has 0 aromatic heterocycles. The SMILES string of the molecule is COc1ccc(OCCC(=O)Nc2cccc(S(=O)(=O)Nc3ccccc3OC)c2)cc1. The fraction of sp³-hybridized carbons (Fsp3) is 0.174. The molecule has 0 saturated carbocycles. The van der Waals surface area contributed by atoms with Gasteiger partial charge >= 0.3 is 0 Å². The van der Waals surface area contributed by atoms with Crippen LogP contribution in [0.5, 0.6) is 17.2 Å². The highest BCUT2D eigenvalue weighted by Gasteiger charge is 2.17. The summed E-state index contributed by atoms with van der Waals surface area (Å²) in [5.41, 5.74) is 0.683. The first kappa shape index (κ1) is 23.0. The molecule has 3 rings (SSSR count). The van der Waals surface area contributed by atoms with Crippen molar-refractivity contribution in [2.45, 2.75) is 11.3 Å². The minimum Gasteiger partial charge on any atom is -0.497 e. The van der Waals surface area contributed by atoms with Crippen LogP contribution in [-0.4, -0.2) is 35.2 Å². The number of hydrogen-bond donors (Lipinski definition) is 2. The Balaban J connectivity index is 1.59. The summed E-state index contributed by atoms with van der Waals surface area (Å²) in [5, 5.41) is 2.69. The molecule has 9 heteroatoms. The van der Waals surface area contributed by atoms with Gasteiger partial charge in [0.05, 0.1) is 37.8 Å². The van der Waals surface area contributed by atoms with E-state index in [0.29, 0.717) is 28.6 Å². The molecule has 0 unspecified atom stereocenters. The highest BCUT2D eigenvalue weighted by Crippen LogP contribution is 2.27. The Morgan fingerprint density at radius 3 is 2.31 bits per heavy atom. The number of benzene rings is 3. The maximum Gasteiger partial charge on any atom is 0.262 e. The number of sulfonamides is 1. The number of ether oxygens (including phenoxy) is 3. The average molecular weight is 457 g/mol. The van der Waals surface area contributed by atoms with Crippen molar-refractivity contribution in [2.24, 2.45) is 0 Å². The Labute approximate surface area is 187 Å². The standard InChI is InChI=1S/C23H24N2O6S/c1-29-18-10-12-19(13-11-18)31-15-14-23(26)24-17-6-5-7-20(16-17)32(27,28)25-21-8-3-4-9-22(21)30-2/h3-13,16,25H,14-15H2,1-2H3,(H,24,26). The van der Waals surface area contributed by atoms with Gasteiger partial charge in [0.2, 0.25) is 5.91 Å². The molecule has 0 bridgehead atoms. The third-order valence-electron chi connectivity index (χ3n) is 4.44. The summed E-state index contributed by atoms with van der Waals surface area (Å²) < 4.78 is 43.9. The molecule has 32 heavy (non-hydrogen) atoms. The van der Waals surface area contributed by atoms with Gasteiger partial charge < -0.3 is 19.5 Å². The highest BCUT2D eigenvalue weighted by molar-refractivity contribution is 7.92. The van der Waals surface area contributed by atoms with Crippen molar-refractivity contribution in [2.75, 3.05) is 30.9 Å². The fourth-order valence-electron chi connectivity index (χ4n) is 2.83. The van der Waals surface area contributed by atoms with E-state index in [1.807, 2.05) is 0 Å². The van der Waals surface area contributed by atoms with Crippen LogP contribution in [-0.2, 0) is 14.8 Å². The fourth-order valence-corrected chi connectivity index (χ4v) is 3.95. The lowest BCUT2D eigenvalue weighted by Crippen LogP contribution is -2.17. The van der Waals surface area contributed by atoms with Crippen LogP contribution >= 0.6 is 0 Å². The van der Waals surface area contributed by atoms with Gasteiger partial charge in [0.15, 0.2) is 0 Å². The number of nitrogens with one attached hydrogen (secondary N) is 2. The van der Waals surface area contributed by atoms with E-state index in [4.69, 9.17) is 14.2 Å². The third-order valence-corrected chi connectivity index (χ3v) is 5.80. The number of amides is 1. The molecule has 0 saturated heterocycles. The first-order valence-electron chi connectivity index (χ1n) is 9.74. The topological polar surface area (TPSA) is 103 Å². The second-order valence-corrected chi connectivity index (χ2v) is 8.34. The molecule has 0 aliphatic heterocycles. The van der Waals surface area contributed by atoms with Crippen molar-refractivity contribution < 1.29 is 27.4 Å². The number of methoxy groups -OCH3 is 2. The molecule has 2 N–H and O–H groups in total. The van der Waals surface area contributed by atoms with Gasteiger partial charge in [-0.05, 0) is 54.6 Å². The summed E-state index contributed by atoms with van der Waals surface area (Å²) in [6, 6.07) is 19.7. The van der Waals surface area contributed by atoms with Crippen LogP contribution in [0.1, 0.15) is 6.42 Å².